The van der Waals surface area contributed by atoms with E-state index in [0.717, 1.165) is 18.5 Å². The number of benzene rings is 1. The van der Waals surface area contributed by atoms with Crippen LogP contribution in [0.4, 0.5) is 10.1 Å². The van der Waals surface area contributed by atoms with Crippen molar-refractivity contribution in [3.8, 4) is 0 Å². The van der Waals surface area contributed by atoms with E-state index in [2.05, 4.69) is 18.7 Å². The van der Waals surface area contributed by atoms with Crippen molar-refractivity contribution in [3.05, 3.63) is 29.1 Å². The van der Waals surface area contributed by atoms with Gasteiger partial charge in [-0.05, 0) is 44.9 Å². The first-order valence-corrected chi connectivity index (χ1v) is 6.42. The van der Waals surface area contributed by atoms with Gasteiger partial charge in [0, 0.05) is 24.3 Å². The van der Waals surface area contributed by atoms with Gasteiger partial charge < -0.3 is 4.90 Å². The summed E-state index contributed by atoms with van der Waals surface area (Å²) in [4.78, 5) is 13.7. The third-order valence-electron chi connectivity index (χ3n) is 3.40. The topological polar surface area (TPSA) is 20.3 Å². The quantitative estimate of drug-likeness (QED) is 0.738. The van der Waals surface area contributed by atoms with Crippen LogP contribution in [0.25, 0.3) is 0 Å². The Labute approximate surface area is 109 Å². The van der Waals surface area contributed by atoms with E-state index >= 15 is 0 Å². The highest BCUT2D eigenvalue weighted by molar-refractivity contribution is 5.99. The van der Waals surface area contributed by atoms with E-state index in [1.54, 1.807) is 13.0 Å². The SMILES string of the molecule is CCCC(C)N(C)c1cc(C)c(F)cc1C(C)=O. The molecule has 0 amide bonds. The Bertz CT molecular complexity index is 442. The number of ketones is 1. The van der Waals surface area contributed by atoms with Gasteiger partial charge in [0.2, 0.25) is 0 Å². The zero-order valence-corrected chi connectivity index (χ0v) is 11.9. The molecule has 3 heteroatoms. The minimum atomic E-state index is -0.319. The number of halogens is 1. The summed E-state index contributed by atoms with van der Waals surface area (Å²) in [5.74, 6) is -0.417. The number of Topliss-reactive ketones (excluding diaryl/α,β-unsaturated/α-hetero) is 1. The highest BCUT2D eigenvalue weighted by atomic mass is 19.1. The van der Waals surface area contributed by atoms with Crippen LogP contribution in [0.3, 0.4) is 0 Å². The summed E-state index contributed by atoms with van der Waals surface area (Å²) in [6, 6.07) is 3.44. The molecular formula is C15H22FNO. The van der Waals surface area contributed by atoms with Crippen molar-refractivity contribution in [1.29, 1.82) is 0 Å². The van der Waals surface area contributed by atoms with Crippen molar-refractivity contribution >= 4 is 11.5 Å². The maximum atomic E-state index is 13.6. The Morgan fingerprint density at radius 2 is 2.06 bits per heavy atom. The van der Waals surface area contributed by atoms with Crippen molar-refractivity contribution < 1.29 is 9.18 Å². The first-order chi connectivity index (χ1) is 8.38. The molecule has 1 aromatic rings. The average Bonchev–Trinajstić information content (AvgIpc) is 2.31. The van der Waals surface area contributed by atoms with E-state index in [9.17, 15) is 9.18 Å². The van der Waals surface area contributed by atoms with E-state index in [1.807, 2.05) is 7.05 Å². The summed E-state index contributed by atoms with van der Waals surface area (Å²) in [5, 5.41) is 0. The van der Waals surface area contributed by atoms with Crippen LogP contribution in [0.1, 0.15) is 49.5 Å². The molecule has 100 valence electrons. The average molecular weight is 251 g/mol. The van der Waals surface area contributed by atoms with Gasteiger partial charge in [0.15, 0.2) is 5.78 Å². The number of hydrogen-bond acceptors (Lipinski definition) is 2. The fourth-order valence-corrected chi connectivity index (χ4v) is 2.09. The molecule has 1 aromatic carbocycles. The molecule has 0 saturated heterocycles. The molecular weight excluding hydrogens is 229 g/mol. The summed E-state index contributed by atoms with van der Waals surface area (Å²) in [6.45, 7) is 7.45. The summed E-state index contributed by atoms with van der Waals surface area (Å²) < 4.78 is 13.6. The molecule has 1 atom stereocenters. The molecule has 1 rings (SSSR count). The number of aryl methyl sites for hydroxylation is 1. The molecule has 0 radical (unpaired) electrons. The standard InChI is InChI=1S/C15H22FNO/c1-6-7-11(3)17(5)15-8-10(2)14(16)9-13(15)12(4)18/h8-9,11H,6-7H2,1-5H3. The van der Waals surface area contributed by atoms with E-state index < -0.39 is 0 Å². The molecule has 0 aromatic heterocycles. The number of carbonyl (C=O) groups is 1. The van der Waals surface area contributed by atoms with E-state index in [1.165, 1.54) is 13.0 Å². The zero-order valence-electron chi connectivity index (χ0n) is 11.9. The highest BCUT2D eigenvalue weighted by Crippen LogP contribution is 2.26. The maximum absolute atomic E-state index is 13.6. The molecule has 2 nitrogen and oxygen atoms in total. The minimum Gasteiger partial charge on any atom is -0.371 e. The van der Waals surface area contributed by atoms with Crippen LogP contribution >= 0.6 is 0 Å². The molecule has 0 N–H and O–H groups in total. The van der Waals surface area contributed by atoms with Gasteiger partial charge in [0.25, 0.3) is 0 Å². The Hall–Kier alpha value is -1.38. The molecule has 1 unspecified atom stereocenters. The largest absolute Gasteiger partial charge is 0.371 e. The summed E-state index contributed by atoms with van der Waals surface area (Å²) in [7, 11) is 1.96. The number of nitrogens with zero attached hydrogens (tertiary/aromatic N) is 1. The van der Waals surface area contributed by atoms with Gasteiger partial charge >= 0.3 is 0 Å². The molecule has 0 bridgehead atoms. The Morgan fingerprint density at radius 3 is 2.56 bits per heavy atom. The number of rotatable bonds is 5. The molecule has 0 aliphatic rings. The van der Waals surface area contributed by atoms with E-state index in [4.69, 9.17) is 0 Å². The number of carbonyl (C=O) groups excluding carboxylic acids is 1. The van der Waals surface area contributed by atoms with Gasteiger partial charge in [-0.15, -0.1) is 0 Å². The van der Waals surface area contributed by atoms with Gasteiger partial charge in [-0.1, -0.05) is 13.3 Å². The lowest BCUT2D eigenvalue weighted by Crippen LogP contribution is -2.30. The van der Waals surface area contributed by atoms with E-state index in [-0.39, 0.29) is 11.6 Å². The van der Waals surface area contributed by atoms with Crippen molar-refractivity contribution in [2.45, 2.75) is 46.6 Å². The second-order valence-corrected chi connectivity index (χ2v) is 4.92. The number of hydrogen-bond donors (Lipinski definition) is 0. The third-order valence-corrected chi connectivity index (χ3v) is 3.40. The predicted molar refractivity (Wildman–Crippen MR) is 73.9 cm³/mol. The lowest BCUT2D eigenvalue weighted by molar-refractivity contribution is 0.101. The fraction of sp³-hybridized carbons (Fsp3) is 0.533. The lowest BCUT2D eigenvalue weighted by Gasteiger charge is -2.29. The molecule has 0 saturated carbocycles. The summed E-state index contributed by atoms with van der Waals surface area (Å²) >= 11 is 0. The molecule has 0 aliphatic heterocycles. The molecule has 0 heterocycles. The minimum absolute atomic E-state index is 0.0977. The second-order valence-electron chi connectivity index (χ2n) is 4.92. The Kier molecular flexibility index (Phi) is 4.88. The zero-order chi connectivity index (χ0) is 13.9. The monoisotopic (exact) mass is 251 g/mol. The van der Waals surface area contributed by atoms with Gasteiger partial charge in [0.1, 0.15) is 5.82 Å². The maximum Gasteiger partial charge on any atom is 0.161 e. The Balaban J connectivity index is 3.21. The molecule has 0 spiro atoms. The number of anilines is 1. The van der Waals surface area contributed by atoms with Crippen molar-refractivity contribution in [2.24, 2.45) is 0 Å². The van der Waals surface area contributed by atoms with Gasteiger partial charge in [0.05, 0.1) is 0 Å². The molecule has 18 heavy (non-hydrogen) atoms. The van der Waals surface area contributed by atoms with Crippen molar-refractivity contribution in [2.75, 3.05) is 11.9 Å². The summed E-state index contributed by atoms with van der Waals surface area (Å²) in [5.41, 5.74) is 1.86. The second kappa shape index (κ2) is 5.98. The fourth-order valence-electron chi connectivity index (χ4n) is 2.09. The van der Waals surface area contributed by atoms with Gasteiger partial charge in [-0.3, -0.25) is 4.79 Å². The van der Waals surface area contributed by atoms with Crippen LogP contribution < -0.4 is 4.90 Å². The lowest BCUT2D eigenvalue weighted by atomic mass is 10.0. The van der Waals surface area contributed by atoms with Crippen LogP contribution in [-0.2, 0) is 0 Å². The normalized spacial score (nSPS) is 12.3. The van der Waals surface area contributed by atoms with Crippen LogP contribution in [0.15, 0.2) is 12.1 Å². The first-order valence-electron chi connectivity index (χ1n) is 6.42. The molecule has 0 aliphatic carbocycles. The summed E-state index contributed by atoms with van der Waals surface area (Å²) in [6.07, 6.45) is 2.13. The highest BCUT2D eigenvalue weighted by Gasteiger charge is 2.17. The van der Waals surface area contributed by atoms with Crippen LogP contribution in [0, 0.1) is 12.7 Å². The van der Waals surface area contributed by atoms with Crippen LogP contribution in [-0.4, -0.2) is 18.9 Å². The smallest absolute Gasteiger partial charge is 0.161 e. The third kappa shape index (κ3) is 3.09. The van der Waals surface area contributed by atoms with Crippen LogP contribution in [0.2, 0.25) is 0 Å². The van der Waals surface area contributed by atoms with Gasteiger partial charge in [-0.25, -0.2) is 4.39 Å². The first kappa shape index (κ1) is 14.7. The van der Waals surface area contributed by atoms with Crippen molar-refractivity contribution in [3.63, 3.8) is 0 Å². The van der Waals surface area contributed by atoms with Gasteiger partial charge in [-0.2, -0.15) is 0 Å². The molecule has 0 fully saturated rings. The van der Waals surface area contributed by atoms with Crippen LogP contribution in [0.5, 0.6) is 0 Å². The van der Waals surface area contributed by atoms with E-state index in [0.29, 0.717) is 17.2 Å². The van der Waals surface area contributed by atoms with Crippen molar-refractivity contribution in [1.82, 2.24) is 0 Å². The Morgan fingerprint density at radius 1 is 1.44 bits per heavy atom. The predicted octanol–water partition coefficient (Wildman–Crippen LogP) is 3.96.